The lowest BCUT2D eigenvalue weighted by Gasteiger charge is -2.07. The molecule has 4 nitrogen and oxygen atoms in total. The first-order valence-electron chi connectivity index (χ1n) is 5.81. The van der Waals surface area contributed by atoms with Crippen molar-refractivity contribution in [3.8, 4) is 17.0 Å². The van der Waals surface area contributed by atoms with E-state index in [0.717, 1.165) is 17.0 Å². The fourth-order valence-corrected chi connectivity index (χ4v) is 2.06. The average molecular weight is 266 g/mol. The van der Waals surface area contributed by atoms with Gasteiger partial charge >= 0.3 is 0 Å². The van der Waals surface area contributed by atoms with Crippen molar-refractivity contribution in [2.24, 2.45) is 12.8 Å². The van der Waals surface area contributed by atoms with Crippen molar-refractivity contribution < 1.29 is 4.74 Å². The van der Waals surface area contributed by atoms with Gasteiger partial charge in [-0.05, 0) is 31.2 Å². The first kappa shape index (κ1) is 12.9. The van der Waals surface area contributed by atoms with Crippen LogP contribution in [0.1, 0.15) is 12.6 Å². The molecule has 96 valence electrons. The number of halogens is 1. The molecule has 0 unspecified atom stereocenters. The molecule has 0 saturated heterocycles. The summed E-state index contributed by atoms with van der Waals surface area (Å²) in [5, 5.41) is 4.91. The van der Waals surface area contributed by atoms with Crippen LogP contribution in [0.25, 0.3) is 11.3 Å². The largest absolute Gasteiger partial charge is 0.492 e. The van der Waals surface area contributed by atoms with Gasteiger partial charge in [-0.15, -0.1) is 0 Å². The Bertz CT molecular complexity index is 551. The topological polar surface area (TPSA) is 53.1 Å². The summed E-state index contributed by atoms with van der Waals surface area (Å²) in [4.78, 5) is 0. The molecule has 0 aliphatic heterocycles. The van der Waals surface area contributed by atoms with Crippen molar-refractivity contribution >= 4 is 11.6 Å². The minimum Gasteiger partial charge on any atom is -0.492 e. The highest BCUT2D eigenvalue weighted by molar-refractivity contribution is 6.32. The maximum absolute atomic E-state index is 6.17. The zero-order valence-electron chi connectivity index (χ0n) is 10.5. The molecule has 5 heteroatoms. The van der Waals surface area contributed by atoms with Crippen LogP contribution in [0.3, 0.4) is 0 Å². The summed E-state index contributed by atoms with van der Waals surface area (Å²) in [7, 11) is 1.89. The fourth-order valence-electron chi connectivity index (χ4n) is 1.83. The molecule has 2 rings (SSSR count). The Hall–Kier alpha value is -1.52. The Morgan fingerprint density at radius 3 is 2.72 bits per heavy atom. The minimum atomic E-state index is 0.429. The summed E-state index contributed by atoms with van der Waals surface area (Å²) in [5.41, 5.74) is 8.43. The van der Waals surface area contributed by atoms with Crippen molar-refractivity contribution in [3.63, 3.8) is 0 Å². The van der Waals surface area contributed by atoms with E-state index < -0.39 is 0 Å². The normalized spacial score (nSPS) is 10.7. The number of aromatic nitrogens is 2. The lowest BCUT2D eigenvalue weighted by atomic mass is 10.1. The number of hydrogen-bond acceptors (Lipinski definition) is 3. The lowest BCUT2D eigenvalue weighted by molar-refractivity contribution is 0.340. The van der Waals surface area contributed by atoms with Gasteiger partial charge < -0.3 is 10.5 Å². The second-order valence-electron chi connectivity index (χ2n) is 3.93. The molecule has 0 bridgehead atoms. The van der Waals surface area contributed by atoms with Gasteiger partial charge in [0.2, 0.25) is 0 Å². The van der Waals surface area contributed by atoms with Crippen LogP contribution in [0.15, 0.2) is 24.3 Å². The average Bonchev–Trinajstić information content (AvgIpc) is 2.73. The van der Waals surface area contributed by atoms with Gasteiger partial charge in [0.15, 0.2) is 0 Å². The summed E-state index contributed by atoms with van der Waals surface area (Å²) < 4.78 is 7.21. The number of rotatable bonds is 4. The first-order chi connectivity index (χ1) is 8.65. The summed E-state index contributed by atoms with van der Waals surface area (Å²) in [5.74, 6) is 0.698. The van der Waals surface area contributed by atoms with Gasteiger partial charge in [0, 0.05) is 19.2 Å². The summed E-state index contributed by atoms with van der Waals surface area (Å²) in [6, 6.07) is 7.68. The van der Waals surface area contributed by atoms with Gasteiger partial charge in [0.1, 0.15) is 5.75 Å². The second-order valence-corrected chi connectivity index (χ2v) is 4.33. The highest BCUT2D eigenvalue weighted by atomic mass is 35.5. The molecule has 0 saturated carbocycles. The van der Waals surface area contributed by atoms with Crippen molar-refractivity contribution in [1.82, 2.24) is 9.78 Å². The van der Waals surface area contributed by atoms with Crippen LogP contribution < -0.4 is 10.5 Å². The van der Waals surface area contributed by atoms with Gasteiger partial charge in [0.05, 0.1) is 23.0 Å². The Labute approximate surface area is 111 Å². The van der Waals surface area contributed by atoms with E-state index >= 15 is 0 Å². The Morgan fingerprint density at radius 2 is 2.17 bits per heavy atom. The molecule has 1 aromatic heterocycles. The van der Waals surface area contributed by atoms with Gasteiger partial charge in [-0.1, -0.05) is 11.6 Å². The van der Waals surface area contributed by atoms with Crippen LogP contribution in [-0.2, 0) is 13.6 Å². The molecular weight excluding hydrogens is 250 g/mol. The zero-order chi connectivity index (χ0) is 13.1. The van der Waals surface area contributed by atoms with Crippen LogP contribution in [0.2, 0.25) is 5.02 Å². The molecule has 0 aliphatic rings. The molecule has 0 fully saturated rings. The molecule has 0 spiro atoms. The van der Waals surface area contributed by atoms with Gasteiger partial charge in [-0.2, -0.15) is 5.10 Å². The number of aryl methyl sites for hydroxylation is 1. The second kappa shape index (κ2) is 5.42. The van der Waals surface area contributed by atoms with Gasteiger partial charge in [-0.25, -0.2) is 0 Å². The molecule has 1 aromatic carbocycles. The van der Waals surface area contributed by atoms with Crippen molar-refractivity contribution in [3.05, 3.63) is 35.0 Å². The highest BCUT2D eigenvalue weighted by Crippen LogP contribution is 2.30. The number of hydrogen-bond donors (Lipinski definition) is 1. The molecule has 18 heavy (non-hydrogen) atoms. The third kappa shape index (κ3) is 2.49. The van der Waals surface area contributed by atoms with E-state index in [1.54, 1.807) is 4.68 Å². The zero-order valence-corrected chi connectivity index (χ0v) is 11.2. The molecule has 0 atom stereocenters. The van der Waals surface area contributed by atoms with E-state index in [0.29, 0.717) is 23.9 Å². The van der Waals surface area contributed by atoms with Gasteiger partial charge in [-0.3, -0.25) is 4.68 Å². The maximum Gasteiger partial charge on any atom is 0.137 e. The van der Waals surface area contributed by atoms with Crippen LogP contribution in [0.4, 0.5) is 0 Å². The van der Waals surface area contributed by atoms with E-state index in [2.05, 4.69) is 5.10 Å². The van der Waals surface area contributed by atoms with Crippen LogP contribution >= 0.6 is 11.6 Å². The van der Waals surface area contributed by atoms with E-state index in [1.807, 2.05) is 38.2 Å². The monoisotopic (exact) mass is 265 g/mol. The lowest BCUT2D eigenvalue weighted by Crippen LogP contribution is -1.99. The molecule has 2 N–H and O–H groups in total. The van der Waals surface area contributed by atoms with Crippen molar-refractivity contribution in [1.29, 1.82) is 0 Å². The summed E-state index contributed by atoms with van der Waals surface area (Å²) in [6.07, 6.45) is 0. The molecule has 2 aromatic rings. The van der Waals surface area contributed by atoms with E-state index in [1.165, 1.54) is 0 Å². The van der Waals surface area contributed by atoms with Crippen molar-refractivity contribution in [2.45, 2.75) is 13.5 Å². The maximum atomic E-state index is 6.17. The van der Waals surface area contributed by atoms with Crippen molar-refractivity contribution in [2.75, 3.05) is 6.61 Å². The third-order valence-corrected chi connectivity index (χ3v) is 2.96. The number of nitrogens with two attached hydrogens (primary N) is 1. The number of nitrogens with zero attached hydrogens (tertiary/aromatic N) is 2. The number of ether oxygens (including phenoxy) is 1. The predicted octanol–water partition coefficient (Wildman–Crippen LogP) is 2.60. The molecule has 0 amide bonds. The Kier molecular flexibility index (Phi) is 3.89. The molecule has 0 radical (unpaired) electrons. The standard InChI is InChI=1S/C13H16ClN3O/c1-3-18-13-5-4-9(6-11(13)14)12-7-10(8-15)16-17(12)2/h4-7H,3,8,15H2,1-2H3. The Morgan fingerprint density at radius 1 is 1.39 bits per heavy atom. The Balaban J connectivity index is 2.38. The third-order valence-electron chi connectivity index (χ3n) is 2.67. The van der Waals surface area contributed by atoms with Crippen LogP contribution in [0.5, 0.6) is 5.75 Å². The predicted molar refractivity (Wildman–Crippen MR) is 72.7 cm³/mol. The first-order valence-corrected chi connectivity index (χ1v) is 6.19. The highest BCUT2D eigenvalue weighted by Gasteiger charge is 2.09. The van der Waals surface area contributed by atoms with Crippen LogP contribution in [0, 0.1) is 0 Å². The number of benzene rings is 1. The van der Waals surface area contributed by atoms with Crippen LogP contribution in [-0.4, -0.2) is 16.4 Å². The molecular formula is C13H16ClN3O. The minimum absolute atomic E-state index is 0.429. The summed E-state index contributed by atoms with van der Waals surface area (Å²) in [6.45, 7) is 2.96. The van der Waals surface area contributed by atoms with E-state index in [9.17, 15) is 0 Å². The summed E-state index contributed by atoms with van der Waals surface area (Å²) >= 11 is 6.17. The smallest absolute Gasteiger partial charge is 0.137 e. The fraction of sp³-hybridized carbons (Fsp3) is 0.308. The molecule has 1 heterocycles. The van der Waals surface area contributed by atoms with E-state index in [-0.39, 0.29) is 0 Å². The van der Waals surface area contributed by atoms with E-state index in [4.69, 9.17) is 22.1 Å². The van der Waals surface area contributed by atoms with Gasteiger partial charge in [0.25, 0.3) is 0 Å². The molecule has 0 aliphatic carbocycles. The quantitative estimate of drug-likeness (QED) is 0.925. The SMILES string of the molecule is CCOc1ccc(-c2cc(CN)nn2C)cc1Cl.